The topological polar surface area (TPSA) is 23.6 Å². The second-order valence-corrected chi connectivity index (χ2v) is 9.55. The number of fused-ring (bicyclic) bond motifs is 1. The summed E-state index contributed by atoms with van der Waals surface area (Å²) >= 11 is 1.74. The van der Waals surface area contributed by atoms with Crippen LogP contribution in [0.3, 0.4) is 0 Å². The number of likely N-dealkylation sites (tertiary alicyclic amines) is 1. The molecule has 1 saturated heterocycles. The van der Waals surface area contributed by atoms with Gasteiger partial charge >= 0.3 is 6.03 Å². The first kappa shape index (κ1) is 19.5. The first-order valence-corrected chi connectivity index (χ1v) is 10.2. The molecule has 0 aliphatic carbocycles. The highest BCUT2D eigenvalue weighted by molar-refractivity contribution is 14.1. The van der Waals surface area contributed by atoms with E-state index in [0.717, 1.165) is 30.0 Å². The summed E-state index contributed by atoms with van der Waals surface area (Å²) in [6.07, 6.45) is 0.751. The lowest BCUT2D eigenvalue weighted by Gasteiger charge is -2.44. The lowest BCUT2D eigenvalue weighted by Crippen LogP contribution is -2.61. The quantitative estimate of drug-likeness (QED) is 0.403. The average molecular weight is 500 g/mol. The molecule has 0 bridgehead atoms. The number of carbonyl (C=O) groups excluding carboxylic acids is 1. The van der Waals surface area contributed by atoms with E-state index in [9.17, 15) is 18.0 Å². The summed E-state index contributed by atoms with van der Waals surface area (Å²) in [5, 5.41) is 0. The lowest BCUT2D eigenvalue weighted by atomic mass is 9.94. The van der Waals surface area contributed by atoms with E-state index < -0.39 is 9.60 Å². The maximum Gasteiger partial charge on any atom is 0.320 e. The molecule has 148 valence electrons. The van der Waals surface area contributed by atoms with Gasteiger partial charge in [0, 0.05) is 25.6 Å². The summed E-state index contributed by atoms with van der Waals surface area (Å²) in [4.78, 5) is 15.9. The number of amides is 2. The summed E-state index contributed by atoms with van der Waals surface area (Å²) in [5.74, 6) is -2.86. The fraction of sp³-hybridized carbons (Fsp3) is 0.381. The van der Waals surface area contributed by atoms with E-state index >= 15 is 0 Å². The van der Waals surface area contributed by atoms with Crippen LogP contribution < -0.4 is 0 Å². The standard InChI is InChI=1S/C21H20F3IN2O/c1-20(22,23)18-6-4-14(5-7-18)16-3-2-15-8-9-26(11-17(15)10-16)19(28)27-12-21(24,25)13-27/h2-7,10H,8-9,11-13H2,1H3. The van der Waals surface area contributed by atoms with Gasteiger partial charge in [-0.25, -0.2) is 18.0 Å². The van der Waals surface area contributed by atoms with Crippen molar-refractivity contribution in [3.05, 3.63) is 59.2 Å². The minimum atomic E-state index is -2.86. The van der Waals surface area contributed by atoms with Gasteiger partial charge in [-0.2, -0.15) is 0 Å². The van der Waals surface area contributed by atoms with Crippen LogP contribution in [-0.4, -0.2) is 39.1 Å². The Morgan fingerprint density at radius 1 is 1.04 bits per heavy atom. The van der Waals surface area contributed by atoms with Gasteiger partial charge in [-0.1, -0.05) is 36.4 Å². The van der Waals surface area contributed by atoms with Gasteiger partial charge in [0.2, 0.25) is 0 Å². The summed E-state index contributed by atoms with van der Waals surface area (Å²) in [5.41, 5.74) is 4.00. The van der Waals surface area contributed by atoms with Gasteiger partial charge in [0.15, 0.2) is 3.68 Å². The number of urea groups is 1. The molecular weight excluding hydrogens is 480 g/mol. The van der Waals surface area contributed by atoms with Gasteiger partial charge in [0.25, 0.3) is 5.92 Å². The van der Waals surface area contributed by atoms with E-state index in [1.807, 2.05) is 18.2 Å². The predicted octanol–water partition coefficient (Wildman–Crippen LogP) is 5.36. The van der Waals surface area contributed by atoms with Crippen LogP contribution in [0, 0.1) is 0 Å². The zero-order chi connectivity index (χ0) is 20.1. The van der Waals surface area contributed by atoms with Crippen LogP contribution in [-0.2, 0) is 18.9 Å². The molecule has 0 saturated carbocycles. The lowest BCUT2D eigenvalue weighted by molar-refractivity contribution is 0.0175. The first-order valence-electron chi connectivity index (χ1n) is 9.15. The van der Waals surface area contributed by atoms with Gasteiger partial charge in [-0.05, 0) is 57.3 Å². The monoisotopic (exact) mass is 500 g/mol. The molecular formula is C21H20F3IN2O. The Balaban J connectivity index is 1.52. The molecule has 28 heavy (non-hydrogen) atoms. The van der Waals surface area contributed by atoms with Crippen LogP contribution in [0.25, 0.3) is 11.1 Å². The molecule has 2 aliphatic rings. The maximum atomic E-state index is 13.7. The van der Waals surface area contributed by atoms with Crippen LogP contribution in [0.2, 0.25) is 0 Å². The van der Waals surface area contributed by atoms with Crippen molar-refractivity contribution in [3.8, 4) is 11.1 Å². The molecule has 7 heteroatoms. The first-order chi connectivity index (χ1) is 13.1. The van der Waals surface area contributed by atoms with E-state index in [-0.39, 0.29) is 24.7 Å². The molecule has 2 aromatic carbocycles. The SMILES string of the molecule is CC(F)(F)c1ccc(-c2ccc3c(c2)CN(C(=O)N2CC(F)(I)C2)CC3)cc1. The van der Waals surface area contributed by atoms with Gasteiger partial charge < -0.3 is 9.80 Å². The Kier molecular flexibility index (Phi) is 4.84. The van der Waals surface area contributed by atoms with Crippen LogP contribution >= 0.6 is 22.6 Å². The Morgan fingerprint density at radius 2 is 1.68 bits per heavy atom. The van der Waals surface area contributed by atoms with Crippen molar-refractivity contribution in [3.63, 3.8) is 0 Å². The van der Waals surface area contributed by atoms with Crippen molar-refractivity contribution in [1.29, 1.82) is 0 Å². The normalized spacial score (nSPS) is 18.5. The van der Waals surface area contributed by atoms with Crippen molar-refractivity contribution in [1.82, 2.24) is 9.80 Å². The number of halogens is 4. The van der Waals surface area contributed by atoms with Crippen LogP contribution in [0.4, 0.5) is 18.0 Å². The maximum absolute atomic E-state index is 13.7. The summed E-state index contributed by atoms with van der Waals surface area (Å²) in [6.45, 7) is 2.23. The minimum absolute atomic E-state index is 0.0141. The fourth-order valence-electron chi connectivity index (χ4n) is 3.70. The van der Waals surface area contributed by atoms with Crippen molar-refractivity contribution in [2.75, 3.05) is 19.6 Å². The molecule has 0 spiro atoms. The third-order valence-corrected chi connectivity index (χ3v) is 6.01. The molecule has 3 nitrogen and oxygen atoms in total. The zero-order valence-corrected chi connectivity index (χ0v) is 17.5. The molecule has 1 fully saturated rings. The number of alkyl halides is 4. The second-order valence-electron chi connectivity index (χ2n) is 7.62. The molecule has 0 aromatic heterocycles. The van der Waals surface area contributed by atoms with Crippen LogP contribution in [0.15, 0.2) is 42.5 Å². The summed E-state index contributed by atoms with van der Waals surface area (Å²) in [7, 11) is 0. The third kappa shape index (κ3) is 3.86. The average Bonchev–Trinajstić information content (AvgIpc) is 2.64. The van der Waals surface area contributed by atoms with E-state index in [1.54, 1.807) is 39.6 Å². The van der Waals surface area contributed by atoms with E-state index in [0.29, 0.717) is 13.1 Å². The molecule has 2 aromatic rings. The van der Waals surface area contributed by atoms with Gasteiger partial charge in [-0.15, -0.1) is 0 Å². The molecule has 2 aliphatic heterocycles. The van der Waals surface area contributed by atoms with Gasteiger partial charge in [0.1, 0.15) is 0 Å². The molecule has 0 unspecified atom stereocenters. The molecule has 4 rings (SSSR count). The largest absolute Gasteiger partial charge is 0.320 e. The summed E-state index contributed by atoms with van der Waals surface area (Å²) in [6, 6.07) is 12.2. The Hall–Kier alpha value is -1.77. The van der Waals surface area contributed by atoms with Crippen molar-refractivity contribution < 1.29 is 18.0 Å². The van der Waals surface area contributed by atoms with Gasteiger partial charge in [0.05, 0.1) is 13.1 Å². The number of rotatable bonds is 2. The Morgan fingerprint density at radius 3 is 2.29 bits per heavy atom. The second kappa shape index (κ2) is 6.93. The third-order valence-electron chi connectivity index (χ3n) is 5.33. The van der Waals surface area contributed by atoms with Crippen molar-refractivity contribution in [2.45, 2.75) is 29.5 Å². The van der Waals surface area contributed by atoms with Crippen LogP contribution in [0.5, 0.6) is 0 Å². The summed E-state index contributed by atoms with van der Waals surface area (Å²) < 4.78 is 39.2. The van der Waals surface area contributed by atoms with Crippen molar-refractivity contribution in [2.24, 2.45) is 0 Å². The van der Waals surface area contributed by atoms with Gasteiger partial charge in [-0.3, -0.25) is 0 Å². The number of hydrogen-bond donors (Lipinski definition) is 0. The highest BCUT2D eigenvalue weighted by atomic mass is 127. The number of carbonyl (C=O) groups is 1. The zero-order valence-electron chi connectivity index (χ0n) is 15.4. The fourth-order valence-corrected chi connectivity index (χ4v) is 4.53. The van der Waals surface area contributed by atoms with Crippen LogP contribution in [0.1, 0.15) is 23.6 Å². The van der Waals surface area contributed by atoms with E-state index in [1.165, 1.54) is 22.6 Å². The van der Waals surface area contributed by atoms with E-state index in [2.05, 4.69) is 0 Å². The molecule has 0 atom stereocenters. The number of benzene rings is 2. The van der Waals surface area contributed by atoms with E-state index in [4.69, 9.17) is 0 Å². The van der Waals surface area contributed by atoms with Crippen molar-refractivity contribution >= 4 is 28.6 Å². The Bertz CT molecular complexity index is 901. The molecule has 0 N–H and O–H groups in total. The minimum Gasteiger partial charge on any atom is -0.320 e. The smallest absolute Gasteiger partial charge is 0.320 e. The molecule has 0 radical (unpaired) electrons. The highest BCUT2D eigenvalue weighted by Gasteiger charge is 2.45. The predicted molar refractivity (Wildman–Crippen MR) is 110 cm³/mol. The number of nitrogens with zero attached hydrogens (tertiary/aromatic N) is 2. The molecule has 2 heterocycles. The molecule has 2 amide bonds. The highest BCUT2D eigenvalue weighted by Crippen LogP contribution is 2.34. The Labute approximate surface area is 175 Å². The number of hydrogen-bond acceptors (Lipinski definition) is 1.